The minimum Gasteiger partial charge on any atom is -0.497 e. The maximum Gasteiger partial charge on any atom is 0.140 e. The third kappa shape index (κ3) is 3.78. The van der Waals surface area contributed by atoms with Crippen LogP contribution in [-0.4, -0.2) is 18.7 Å². The Labute approximate surface area is 114 Å². The second kappa shape index (κ2) is 6.88. The van der Waals surface area contributed by atoms with Gasteiger partial charge in [-0.1, -0.05) is 18.2 Å². The summed E-state index contributed by atoms with van der Waals surface area (Å²) >= 11 is 0. The Bertz CT molecular complexity index is 445. The van der Waals surface area contributed by atoms with Crippen LogP contribution in [0.1, 0.15) is 31.7 Å². The monoisotopic (exact) mass is 260 g/mol. The molecule has 1 unspecified atom stereocenters. The molecule has 0 bridgehead atoms. The molecule has 0 saturated heterocycles. The van der Waals surface area contributed by atoms with Gasteiger partial charge in [-0.25, -0.2) is 0 Å². The molecule has 0 N–H and O–H groups in total. The van der Waals surface area contributed by atoms with Crippen molar-refractivity contribution in [2.45, 2.75) is 26.2 Å². The number of hydrogen-bond donors (Lipinski definition) is 0. The first-order valence-corrected chi connectivity index (χ1v) is 6.27. The molecule has 1 atom stereocenters. The zero-order chi connectivity index (χ0) is 14.4. The molecule has 3 nitrogen and oxygen atoms in total. The highest BCUT2D eigenvalue weighted by molar-refractivity contribution is 6.01. The average molecular weight is 260 g/mol. The zero-order valence-corrected chi connectivity index (χ0v) is 11.7. The topological polar surface area (TPSA) is 43.4 Å². The number of methoxy groups -OCH3 is 1. The molecule has 1 aromatic rings. The molecule has 0 aliphatic heterocycles. The van der Waals surface area contributed by atoms with E-state index in [1.165, 1.54) is 13.8 Å². The molecule has 0 fully saturated rings. The lowest BCUT2D eigenvalue weighted by Gasteiger charge is -2.22. The van der Waals surface area contributed by atoms with Crippen LogP contribution in [0, 0.1) is 5.92 Å². The Kier molecular flexibility index (Phi) is 5.49. The fraction of sp³-hybridized carbons (Fsp3) is 0.375. The van der Waals surface area contributed by atoms with E-state index in [4.69, 9.17) is 4.74 Å². The first kappa shape index (κ1) is 15.2. The summed E-state index contributed by atoms with van der Waals surface area (Å²) in [5, 5.41) is 0. The van der Waals surface area contributed by atoms with Crippen molar-refractivity contribution in [2.75, 3.05) is 7.11 Å². The first-order chi connectivity index (χ1) is 9.01. The molecule has 0 amide bonds. The minimum atomic E-state index is -0.605. The number of Topliss-reactive ketones (excluding diaryl/α,β-unsaturated/α-hetero) is 2. The summed E-state index contributed by atoms with van der Waals surface area (Å²) in [6.45, 7) is 6.64. The van der Waals surface area contributed by atoms with Crippen molar-refractivity contribution < 1.29 is 14.3 Å². The number of rotatable bonds is 7. The molecule has 0 aliphatic rings. The first-order valence-electron chi connectivity index (χ1n) is 6.27. The fourth-order valence-corrected chi connectivity index (χ4v) is 2.35. The predicted molar refractivity (Wildman–Crippen MR) is 75.4 cm³/mol. The average Bonchev–Trinajstić information content (AvgIpc) is 2.37. The van der Waals surface area contributed by atoms with Crippen LogP contribution in [0.3, 0.4) is 0 Å². The van der Waals surface area contributed by atoms with Gasteiger partial charge in [0.25, 0.3) is 0 Å². The van der Waals surface area contributed by atoms with E-state index in [-0.39, 0.29) is 17.5 Å². The Morgan fingerprint density at radius 3 is 2.11 bits per heavy atom. The van der Waals surface area contributed by atoms with Crippen LogP contribution < -0.4 is 4.74 Å². The van der Waals surface area contributed by atoms with Crippen molar-refractivity contribution >= 4 is 11.6 Å². The second-order valence-electron chi connectivity index (χ2n) is 4.60. The van der Waals surface area contributed by atoms with Crippen LogP contribution in [0.25, 0.3) is 0 Å². The maximum atomic E-state index is 11.7. The van der Waals surface area contributed by atoms with Gasteiger partial charge in [0.1, 0.15) is 17.3 Å². The number of carbonyl (C=O) groups is 2. The third-order valence-electron chi connectivity index (χ3n) is 3.24. The number of benzene rings is 1. The van der Waals surface area contributed by atoms with Gasteiger partial charge in [-0.05, 0) is 38.0 Å². The smallest absolute Gasteiger partial charge is 0.140 e. The Balaban J connectivity index is 3.13. The van der Waals surface area contributed by atoms with Crippen molar-refractivity contribution in [2.24, 2.45) is 5.92 Å². The molecule has 1 aromatic carbocycles. The van der Waals surface area contributed by atoms with Crippen molar-refractivity contribution in [1.82, 2.24) is 0 Å². The van der Waals surface area contributed by atoms with Crippen molar-refractivity contribution in [1.29, 1.82) is 0 Å². The van der Waals surface area contributed by atoms with Gasteiger partial charge in [0.05, 0.1) is 13.0 Å². The molecular formula is C16H20O3. The summed E-state index contributed by atoms with van der Waals surface area (Å²) < 4.78 is 5.11. The Hall–Kier alpha value is -1.90. The van der Waals surface area contributed by atoms with Gasteiger partial charge in [0.2, 0.25) is 0 Å². The molecular weight excluding hydrogens is 240 g/mol. The summed E-state index contributed by atoms with van der Waals surface area (Å²) in [6, 6.07) is 7.46. The molecule has 0 spiro atoms. The normalized spacial score (nSPS) is 12.0. The van der Waals surface area contributed by atoms with Gasteiger partial charge < -0.3 is 4.74 Å². The van der Waals surface area contributed by atoms with Crippen LogP contribution in [0.15, 0.2) is 36.9 Å². The molecule has 0 aliphatic carbocycles. The molecule has 0 heterocycles. The van der Waals surface area contributed by atoms with Gasteiger partial charge in [-0.15, -0.1) is 6.58 Å². The third-order valence-corrected chi connectivity index (χ3v) is 3.24. The number of carbonyl (C=O) groups excluding carboxylic acids is 2. The SMILES string of the molecule is C=CCC(c1ccc(OC)cc1)C(C(C)=O)C(C)=O. The summed E-state index contributed by atoms with van der Waals surface area (Å²) in [7, 11) is 1.60. The summed E-state index contributed by atoms with van der Waals surface area (Å²) in [5.41, 5.74) is 0.955. The minimum absolute atomic E-state index is 0.102. The van der Waals surface area contributed by atoms with E-state index in [0.717, 1.165) is 11.3 Å². The Morgan fingerprint density at radius 2 is 1.74 bits per heavy atom. The lowest BCUT2D eigenvalue weighted by molar-refractivity contribution is -0.131. The van der Waals surface area contributed by atoms with Crippen molar-refractivity contribution in [3.05, 3.63) is 42.5 Å². The van der Waals surface area contributed by atoms with E-state index in [2.05, 4.69) is 6.58 Å². The number of ether oxygens (including phenoxy) is 1. The maximum absolute atomic E-state index is 11.7. The quantitative estimate of drug-likeness (QED) is 0.558. The Morgan fingerprint density at radius 1 is 1.21 bits per heavy atom. The highest BCUT2D eigenvalue weighted by Gasteiger charge is 2.29. The molecule has 3 heteroatoms. The fourth-order valence-electron chi connectivity index (χ4n) is 2.35. The van der Waals surface area contributed by atoms with Gasteiger partial charge in [-0.2, -0.15) is 0 Å². The molecule has 102 valence electrons. The molecule has 19 heavy (non-hydrogen) atoms. The van der Waals surface area contributed by atoms with Crippen molar-refractivity contribution in [3.63, 3.8) is 0 Å². The number of ketones is 2. The second-order valence-corrected chi connectivity index (χ2v) is 4.60. The van der Waals surface area contributed by atoms with Crippen molar-refractivity contribution in [3.8, 4) is 5.75 Å². The van der Waals surface area contributed by atoms with Crippen LogP contribution >= 0.6 is 0 Å². The van der Waals surface area contributed by atoms with Crippen LogP contribution in [0.4, 0.5) is 0 Å². The largest absolute Gasteiger partial charge is 0.497 e. The highest BCUT2D eigenvalue weighted by Crippen LogP contribution is 2.31. The van der Waals surface area contributed by atoms with E-state index >= 15 is 0 Å². The van der Waals surface area contributed by atoms with E-state index in [0.29, 0.717) is 6.42 Å². The number of allylic oxidation sites excluding steroid dienone is 1. The number of hydrogen-bond acceptors (Lipinski definition) is 3. The molecule has 1 rings (SSSR count). The van der Waals surface area contributed by atoms with Crippen LogP contribution in [0.5, 0.6) is 5.75 Å². The molecule has 0 aromatic heterocycles. The summed E-state index contributed by atoms with van der Waals surface area (Å²) in [6.07, 6.45) is 2.34. The lowest BCUT2D eigenvalue weighted by atomic mass is 9.79. The van der Waals surface area contributed by atoms with Gasteiger partial charge in [0, 0.05) is 5.92 Å². The molecule has 0 radical (unpaired) electrons. The summed E-state index contributed by atoms with van der Waals surface area (Å²) in [5.74, 6) is -0.210. The zero-order valence-electron chi connectivity index (χ0n) is 11.7. The van der Waals surface area contributed by atoms with E-state index in [1.54, 1.807) is 13.2 Å². The van der Waals surface area contributed by atoms with Crippen LogP contribution in [-0.2, 0) is 9.59 Å². The van der Waals surface area contributed by atoms with Gasteiger partial charge in [0.15, 0.2) is 0 Å². The highest BCUT2D eigenvalue weighted by atomic mass is 16.5. The van der Waals surface area contributed by atoms with E-state index in [9.17, 15) is 9.59 Å². The van der Waals surface area contributed by atoms with Gasteiger partial charge in [-0.3, -0.25) is 9.59 Å². The summed E-state index contributed by atoms with van der Waals surface area (Å²) in [4.78, 5) is 23.4. The van der Waals surface area contributed by atoms with E-state index < -0.39 is 5.92 Å². The lowest BCUT2D eigenvalue weighted by Crippen LogP contribution is -2.26. The molecule has 0 saturated carbocycles. The van der Waals surface area contributed by atoms with Gasteiger partial charge >= 0.3 is 0 Å². The van der Waals surface area contributed by atoms with Crippen LogP contribution in [0.2, 0.25) is 0 Å². The standard InChI is InChI=1S/C16H20O3/c1-5-6-15(16(11(2)17)12(3)18)13-7-9-14(19-4)10-8-13/h5,7-10,15-16H,1,6H2,2-4H3. The van der Waals surface area contributed by atoms with E-state index in [1.807, 2.05) is 24.3 Å². The predicted octanol–water partition coefficient (Wildman–Crippen LogP) is 3.15.